The van der Waals surface area contributed by atoms with Crippen LogP contribution in [-0.2, 0) is 0 Å². The molecule has 0 aliphatic rings. The largest absolute Gasteiger partial charge is 0.396 e. The molecule has 0 fully saturated rings. The molecule has 0 atom stereocenters. The molecule has 0 heterocycles. The first kappa shape index (κ1) is 14.5. The highest BCUT2D eigenvalue weighted by molar-refractivity contribution is 5.94. The molecule has 100 valence electrons. The molecule has 4 N–H and O–H groups in total. The fraction of sp³-hybridized carbons (Fsp3) is 0.462. The summed E-state index contributed by atoms with van der Waals surface area (Å²) in [5.74, 6) is 5.25. The highest BCUT2D eigenvalue weighted by Gasteiger charge is 2.17. The number of aliphatic hydroxyl groups excluding tert-OH is 1. The maximum absolute atomic E-state index is 12.3. The lowest BCUT2D eigenvalue weighted by Crippen LogP contribution is -2.38. The number of benzene rings is 1. The van der Waals surface area contributed by atoms with Crippen molar-refractivity contribution in [2.45, 2.75) is 26.3 Å². The van der Waals surface area contributed by atoms with E-state index in [0.29, 0.717) is 18.5 Å². The molecule has 5 nitrogen and oxygen atoms in total. The molecule has 0 saturated heterocycles. The topological polar surface area (TPSA) is 78.6 Å². The molecule has 1 aromatic carbocycles. The lowest BCUT2D eigenvalue weighted by Gasteiger charge is -2.26. The van der Waals surface area contributed by atoms with Gasteiger partial charge in [0.2, 0.25) is 0 Å². The summed E-state index contributed by atoms with van der Waals surface area (Å²) in [6.07, 6.45) is 0.590. The molecule has 0 aliphatic heterocycles. The van der Waals surface area contributed by atoms with Gasteiger partial charge in [0.05, 0.1) is 0 Å². The zero-order valence-corrected chi connectivity index (χ0v) is 10.9. The summed E-state index contributed by atoms with van der Waals surface area (Å²) < 4.78 is 0. The van der Waals surface area contributed by atoms with Gasteiger partial charge in [-0.1, -0.05) is 0 Å². The van der Waals surface area contributed by atoms with Crippen molar-refractivity contribution in [2.24, 2.45) is 5.84 Å². The molecule has 0 aliphatic carbocycles. The summed E-state index contributed by atoms with van der Waals surface area (Å²) >= 11 is 0. The van der Waals surface area contributed by atoms with Gasteiger partial charge in [-0.15, -0.1) is 0 Å². The van der Waals surface area contributed by atoms with E-state index >= 15 is 0 Å². The predicted octanol–water partition coefficient (Wildman–Crippen LogP) is 1.21. The number of aliphatic hydroxyl groups is 1. The number of nitrogens with zero attached hydrogens (tertiary/aromatic N) is 1. The van der Waals surface area contributed by atoms with Crippen LogP contribution >= 0.6 is 0 Å². The number of amides is 1. The van der Waals surface area contributed by atoms with Crippen molar-refractivity contribution in [3.8, 4) is 0 Å². The summed E-state index contributed by atoms with van der Waals surface area (Å²) in [6.45, 7) is 4.58. The smallest absolute Gasteiger partial charge is 0.254 e. The first-order valence-electron chi connectivity index (χ1n) is 6.08. The van der Waals surface area contributed by atoms with E-state index in [4.69, 9.17) is 10.9 Å². The van der Waals surface area contributed by atoms with Crippen molar-refractivity contribution in [2.75, 3.05) is 18.6 Å². The standard InChI is InChI=1S/C13H21N3O2/c1-10(2)16(8-3-9-17)13(18)11-4-6-12(15-14)7-5-11/h4-7,10,15,17H,3,8-9,14H2,1-2H3. The number of carbonyl (C=O) groups is 1. The van der Waals surface area contributed by atoms with Gasteiger partial charge in [-0.05, 0) is 44.5 Å². The minimum atomic E-state index is -0.0259. The Balaban J connectivity index is 2.80. The highest BCUT2D eigenvalue weighted by Crippen LogP contribution is 2.12. The Kier molecular flexibility index (Phi) is 5.61. The van der Waals surface area contributed by atoms with Crippen molar-refractivity contribution in [1.82, 2.24) is 4.90 Å². The Hall–Kier alpha value is -1.59. The number of hydrogen-bond donors (Lipinski definition) is 3. The SMILES string of the molecule is CC(C)N(CCCO)C(=O)c1ccc(NN)cc1. The number of hydrogen-bond acceptors (Lipinski definition) is 4. The van der Waals surface area contributed by atoms with E-state index in [0.717, 1.165) is 5.69 Å². The number of hydrazine groups is 1. The zero-order valence-electron chi connectivity index (χ0n) is 10.9. The fourth-order valence-corrected chi connectivity index (χ4v) is 1.71. The van der Waals surface area contributed by atoms with E-state index in [9.17, 15) is 4.79 Å². The van der Waals surface area contributed by atoms with Crippen LogP contribution in [0.15, 0.2) is 24.3 Å². The molecule has 0 bridgehead atoms. The van der Waals surface area contributed by atoms with Gasteiger partial charge in [-0.2, -0.15) is 0 Å². The Morgan fingerprint density at radius 1 is 1.39 bits per heavy atom. The zero-order chi connectivity index (χ0) is 13.5. The molecule has 18 heavy (non-hydrogen) atoms. The second-order valence-electron chi connectivity index (χ2n) is 4.39. The minimum absolute atomic E-state index is 0.0259. The van der Waals surface area contributed by atoms with Crippen LogP contribution in [0.4, 0.5) is 5.69 Å². The molecule has 1 aromatic rings. The third-order valence-corrected chi connectivity index (χ3v) is 2.74. The molecule has 0 spiro atoms. The summed E-state index contributed by atoms with van der Waals surface area (Å²) in [5, 5.41) is 8.86. The summed E-state index contributed by atoms with van der Waals surface area (Å²) in [7, 11) is 0. The molecular weight excluding hydrogens is 230 g/mol. The van der Waals surface area contributed by atoms with Crippen LogP contribution in [-0.4, -0.2) is 35.1 Å². The van der Waals surface area contributed by atoms with E-state index in [1.807, 2.05) is 13.8 Å². The van der Waals surface area contributed by atoms with Crippen LogP contribution in [0.25, 0.3) is 0 Å². The molecule has 0 saturated carbocycles. The van der Waals surface area contributed by atoms with Crippen LogP contribution in [0.1, 0.15) is 30.6 Å². The van der Waals surface area contributed by atoms with Crippen molar-refractivity contribution >= 4 is 11.6 Å². The van der Waals surface area contributed by atoms with Crippen molar-refractivity contribution in [1.29, 1.82) is 0 Å². The molecule has 0 unspecified atom stereocenters. The van der Waals surface area contributed by atoms with Crippen LogP contribution < -0.4 is 11.3 Å². The van der Waals surface area contributed by atoms with E-state index in [-0.39, 0.29) is 18.6 Å². The Morgan fingerprint density at radius 3 is 2.44 bits per heavy atom. The maximum atomic E-state index is 12.3. The molecule has 1 amide bonds. The van der Waals surface area contributed by atoms with Gasteiger partial charge in [0, 0.05) is 30.4 Å². The van der Waals surface area contributed by atoms with Gasteiger partial charge in [-0.3, -0.25) is 10.6 Å². The van der Waals surface area contributed by atoms with E-state index in [1.165, 1.54) is 0 Å². The first-order valence-corrected chi connectivity index (χ1v) is 6.08. The molecule has 0 aromatic heterocycles. The third-order valence-electron chi connectivity index (χ3n) is 2.74. The quantitative estimate of drug-likeness (QED) is 0.524. The fourth-order valence-electron chi connectivity index (χ4n) is 1.71. The monoisotopic (exact) mass is 251 g/mol. The van der Waals surface area contributed by atoms with E-state index in [2.05, 4.69) is 5.43 Å². The van der Waals surface area contributed by atoms with Gasteiger partial charge in [0.25, 0.3) is 5.91 Å². The molecule has 1 rings (SSSR count). The van der Waals surface area contributed by atoms with Crippen LogP contribution in [0.5, 0.6) is 0 Å². The number of anilines is 1. The van der Waals surface area contributed by atoms with Crippen LogP contribution in [0, 0.1) is 0 Å². The summed E-state index contributed by atoms with van der Waals surface area (Å²) in [6, 6.07) is 7.11. The Labute approximate surface area is 108 Å². The van der Waals surface area contributed by atoms with Crippen molar-refractivity contribution in [3.05, 3.63) is 29.8 Å². The normalized spacial score (nSPS) is 10.5. The number of rotatable bonds is 6. The number of nitrogens with one attached hydrogen (secondary N) is 1. The molecule has 0 radical (unpaired) electrons. The predicted molar refractivity (Wildman–Crippen MR) is 72.1 cm³/mol. The number of nitrogens with two attached hydrogens (primary N) is 1. The Bertz CT molecular complexity index is 376. The summed E-state index contributed by atoms with van der Waals surface area (Å²) in [5.41, 5.74) is 3.91. The maximum Gasteiger partial charge on any atom is 0.254 e. The van der Waals surface area contributed by atoms with Crippen molar-refractivity contribution < 1.29 is 9.90 Å². The molecular formula is C13H21N3O2. The minimum Gasteiger partial charge on any atom is -0.396 e. The third kappa shape index (κ3) is 3.72. The Morgan fingerprint density at radius 2 is 2.00 bits per heavy atom. The van der Waals surface area contributed by atoms with Crippen LogP contribution in [0.2, 0.25) is 0 Å². The number of carbonyl (C=O) groups excluding carboxylic acids is 1. The van der Waals surface area contributed by atoms with E-state index < -0.39 is 0 Å². The lowest BCUT2D eigenvalue weighted by molar-refractivity contribution is 0.0693. The van der Waals surface area contributed by atoms with Gasteiger partial charge >= 0.3 is 0 Å². The van der Waals surface area contributed by atoms with Gasteiger partial charge < -0.3 is 15.4 Å². The average Bonchev–Trinajstić information content (AvgIpc) is 2.38. The summed E-state index contributed by atoms with van der Waals surface area (Å²) in [4.78, 5) is 14.0. The van der Waals surface area contributed by atoms with E-state index in [1.54, 1.807) is 29.2 Å². The molecule has 5 heteroatoms. The van der Waals surface area contributed by atoms with Crippen molar-refractivity contribution in [3.63, 3.8) is 0 Å². The highest BCUT2D eigenvalue weighted by atomic mass is 16.3. The average molecular weight is 251 g/mol. The van der Waals surface area contributed by atoms with Gasteiger partial charge in [0.15, 0.2) is 0 Å². The second kappa shape index (κ2) is 6.98. The first-order chi connectivity index (χ1) is 8.60. The number of nitrogen functional groups attached to an aromatic ring is 1. The van der Waals surface area contributed by atoms with Gasteiger partial charge in [-0.25, -0.2) is 0 Å². The lowest BCUT2D eigenvalue weighted by atomic mass is 10.1. The van der Waals surface area contributed by atoms with Gasteiger partial charge in [0.1, 0.15) is 0 Å². The second-order valence-corrected chi connectivity index (χ2v) is 4.39. The van der Waals surface area contributed by atoms with Crippen LogP contribution in [0.3, 0.4) is 0 Å².